The first-order valence-electron chi connectivity index (χ1n) is 8.78. The Morgan fingerprint density at radius 3 is 2.96 bits per heavy atom. The number of hydrogen-bond donors (Lipinski definition) is 0. The molecule has 142 valence electrons. The predicted octanol–water partition coefficient (Wildman–Crippen LogP) is 2.29. The molecule has 0 spiro atoms. The highest BCUT2D eigenvalue weighted by molar-refractivity contribution is 8.00. The standard InChI is InChI=1S/C19H25NO5S/c1-19(2)9-13-5-4-6-15(18(13)25-19)24-11-16(21)20-8-7-14(10-20)26-12-17(22)23-3/h4-6,14H,7-12H2,1-3H3/t14-/m1/s1. The largest absolute Gasteiger partial charge is 0.483 e. The van der Waals surface area contributed by atoms with Crippen LogP contribution in [0.25, 0.3) is 0 Å². The molecule has 2 aliphatic rings. The van der Waals surface area contributed by atoms with Gasteiger partial charge in [0.05, 0.1) is 12.9 Å². The average molecular weight is 379 g/mol. The van der Waals surface area contributed by atoms with E-state index < -0.39 is 0 Å². The second kappa shape index (κ2) is 7.78. The van der Waals surface area contributed by atoms with Crippen LogP contribution in [0, 0.1) is 0 Å². The van der Waals surface area contributed by atoms with Crippen molar-refractivity contribution < 1.29 is 23.8 Å². The zero-order valence-electron chi connectivity index (χ0n) is 15.4. The molecular formula is C19H25NO5S. The summed E-state index contributed by atoms with van der Waals surface area (Å²) in [5, 5.41) is 0.267. The molecule has 0 aliphatic carbocycles. The summed E-state index contributed by atoms with van der Waals surface area (Å²) in [4.78, 5) is 25.5. The lowest BCUT2D eigenvalue weighted by atomic mass is 10.0. The van der Waals surface area contributed by atoms with Crippen LogP contribution in [0.4, 0.5) is 0 Å². The van der Waals surface area contributed by atoms with Gasteiger partial charge in [-0.25, -0.2) is 0 Å². The van der Waals surface area contributed by atoms with Gasteiger partial charge in [0.2, 0.25) is 0 Å². The van der Waals surface area contributed by atoms with Gasteiger partial charge < -0.3 is 19.1 Å². The summed E-state index contributed by atoms with van der Waals surface area (Å²) < 4.78 is 16.4. The molecule has 1 atom stereocenters. The van der Waals surface area contributed by atoms with Gasteiger partial charge in [0.15, 0.2) is 18.1 Å². The lowest BCUT2D eigenvalue weighted by Crippen LogP contribution is -2.33. The minimum Gasteiger partial charge on any atom is -0.483 e. The van der Waals surface area contributed by atoms with Crippen molar-refractivity contribution in [3.05, 3.63) is 23.8 Å². The summed E-state index contributed by atoms with van der Waals surface area (Å²) in [6.45, 7) is 5.41. The molecule has 1 aromatic carbocycles. The molecule has 0 N–H and O–H groups in total. The second-order valence-corrected chi connectivity index (χ2v) is 8.50. The number of benzene rings is 1. The van der Waals surface area contributed by atoms with Gasteiger partial charge in [-0.2, -0.15) is 0 Å². The van der Waals surface area contributed by atoms with Crippen molar-refractivity contribution in [3.63, 3.8) is 0 Å². The topological polar surface area (TPSA) is 65.1 Å². The first kappa shape index (κ1) is 18.9. The molecule has 1 fully saturated rings. The van der Waals surface area contributed by atoms with Crippen molar-refractivity contribution in [2.45, 2.75) is 37.5 Å². The Bertz CT molecular complexity index is 691. The second-order valence-electron chi connectivity index (χ2n) is 7.21. The number of fused-ring (bicyclic) bond motifs is 1. The maximum Gasteiger partial charge on any atom is 0.315 e. The monoisotopic (exact) mass is 379 g/mol. The Balaban J connectivity index is 1.50. The van der Waals surface area contributed by atoms with Crippen LogP contribution in [0.2, 0.25) is 0 Å². The summed E-state index contributed by atoms with van der Waals surface area (Å²) in [7, 11) is 1.38. The number of carbonyl (C=O) groups excluding carboxylic acids is 2. The third-order valence-corrected chi connectivity index (χ3v) is 5.83. The molecule has 0 bridgehead atoms. The first-order chi connectivity index (χ1) is 12.4. The maximum atomic E-state index is 12.4. The van der Waals surface area contributed by atoms with Crippen LogP contribution >= 0.6 is 11.8 Å². The van der Waals surface area contributed by atoms with Gasteiger partial charge in [-0.3, -0.25) is 9.59 Å². The van der Waals surface area contributed by atoms with Crippen molar-refractivity contribution >= 4 is 23.6 Å². The smallest absolute Gasteiger partial charge is 0.315 e. The van der Waals surface area contributed by atoms with E-state index in [0.29, 0.717) is 24.6 Å². The summed E-state index contributed by atoms with van der Waals surface area (Å²) in [5.41, 5.74) is 0.866. The number of esters is 1. The van der Waals surface area contributed by atoms with Crippen molar-refractivity contribution in [3.8, 4) is 11.5 Å². The van der Waals surface area contributed by atoms with Crippen LogP contribution in [0.5, 0.6) is 11.5 Å². The number of methoxy groups -OCH3 is 1. The molecule has 0 radical (unpaired) electrons. The number of likely N-dealkylation sites (tertiary alicyclic amines) is 1. The normalized spacial score (nSPS) is 20.4. The summed E-state index contributed by atoms with van der Waals surface area (Å²) in [5.74, 6) is 1.42. The molecule has 1 amide bonds. The summed E-state index contributed by atoms with van der Waals surface area (Å²) in [6, 6.07) is 5.80. The van der Waals surface area contributed by atoms with Gasteiger partial charge in [0.1, 0.15) is 5.60 Å². The van der Waals surface area contributed by atoms with E-state index in [1.54, 1.807) is 4.90 Å². The molecule has 7 heteroatoms. The average Bonchev–Trinajstić information content (AvgIpc) is 3.20. The van der Waals surface area contributed by atoms with Crippen molar-refractivity contribution in [1.82, 2.24) is 4.90 Å². The molecule has 1 aromatic rings. The minimum atomic E-state index is -0.245. The number of nitrogens with zero attached hydrogens (tertiary/aromatic N) is 1. The van der Waals surface area contributed by atoms with E-state index in [4.69, 9.17) is 9.47 Å². The first-order valence-corrected chi connectivity index (χ1v) is 9.83. The number of amides is 1. The molecule has 6 nitrogen and oxygen atoms in total. The third-order valence-electron chi connectivity index (χ3n) is 4.57. The molecule has 0 saturated carbocycles. The molecule has 26 heavy (non-hydrogen) atoms. The van der Waals surface area contributed by atoms with Gasteiger partial charge in [-0.1, -0.05) is 12.1 Å². The molecular weight excluding hydrogens is 354 g/mol. The number of para-hydroxylation sites is 1. The highest BCUT2D eigenvalue weighted by Gasteiger charge is 2.33. The highest BCUT2D eigenvalue weighted by Crippen LogP contribution is 2.41. The lowest BCUT2D eigenvalue weighted by Gasteiger charge is -2.19. The van der Waals surface area contributed by atoms with Crippen LogP contribution in [0.1, 0.15) is 25.8 Å². The highest BCUT2D eigenvalue weighted by atomic mass is 32.2. The Kier molecular flexibility index (Phi) is 5.65. The van der Waals surface area contributed by atoms with E-state index in [-0.39, 0.29) is 29.3 Å². The van der Waals surface area contributed by atoms with Gasteiger partial charge >= 0.3 is 5.97 Å². The van der Waals surface area contributed by atoms with E-state index >= 15 is 0 Å². The molecule has 2 aliphatic heterocycles. The van der Waals surface area contributed by atoms with Crippen LogP contribution < -0.4 is 9.47 Å². The van der Waals surface area contributed by atoms with E-state index in [9.17, 15) is 9.59 Å². The number of rotatable bonds is 6. The minimum absolute atomic E-state index is 0.00533. The van der Waals surface area contributed by atoms with Crippen molar-refractivity contribution in [2.75, 3.05) is 32.6 Å². The fourth-order valence-corrected chi connectivity index (χ4v) is 4.31. The van der Waals surface area contributed by atoms with E-state index in [1.807, 2.05) is 32.0 Å². The predicted molar refractivity (Wildman–Crippen MR) is 99.8 cm³/mol. The number of ether oxygens (including phenoxy) is 3. The van der Waals surface area contributed by atoms with Gasteiger partial charge in [0.25, 0.3) is 5.91 Å². The van der Waals surface area contributed by atoms with Crippen molar-refractivity contribution in [2.24, 2.45) is 0 Å². The number of carbonyl (C=O) groups is 2. The number of hydrogen-bond acceptors (Lipinski definition) is 6. The Hall–Kier alpha value is -1.89. The lowest BCUT2D eigenvalue weighted by molar-refractivity contribution is -0.137. The van der Waals surface area contributed by atoms with E-state index in [2.05, 4.69) is 4.74 Å². The van der Waals surface area contributed by atoms with Crippen LogP contribution in [-0.4, -0.2) is 60.2 Å². The third kappa shape index (κ3) is 4.44. The molecule has 2 heterocycles. The summed E-state index contributed by atoms with van der Waals surface area (Å²) >= 11 is 1.54. The molecule has 0 unspecified atom stereocenters. The van der Waals surface area contributed by atoms with Gasteiger partial charge in [-0.05, 0) is 26.3 Å². The quantitative estimate of drug-likeness (QED) is 0.707. The zero-order valence-corrected chi connectivity index (χ0v) is 16.3. The molecule has 1 saturated heterocycles. The van der Waals surface area contributed by atoms with E-state index in [1.165, 1.54) is 18.9 Å². The van der Waals surface area contributed by atoms with E-state index in [0.717, 1.165) is 24.2 Å². The SMILES string of the molecule is COC(=O)CS[C@@H]1CCN(C(=O)COc2cccc3c2OC(C)(C)C3)C1. The molecule has 3 rings (SSSR count). The fourth-order valence-electron chi connectivity index (χ4n) is 3.27. The molecule has 0 aromatic heterocycles. The Labute approximate surface area is 158 Å². The Morgan fingerprint density at radius 1 is 1.38 bits per heavy atom. The van der Waals surface area contributed by atoms with Crippen molar-refractivity contribution in [1.29, 1.82) is 0 Å². The van der Waals surface area contributed by atoms with Gasteiger partial charge in [0, 0.05) is 30.3 Å². The summed E-state index contributed by atoms with van der Waals surface area (Å²) in [6.07, 6.45) is 1.71. The Morgan fingerprint density at radius 2 is 2.19 bits per heavy atom. The van der Waals surface area contributed by atoms with Crippen LogP contribution in [0.15, 0.2) is 18.2 Å². The fraction of sp³-hybridized carbons (Fsp3) is 0.579. The van der Waals surface area contributed by atoms with Crippen LogP contribution in [0.3, 0.4) is 0 Å². The number of thioether (sulfide) groups is 1. The van der Waals surface area contributed by atoms with Gasteiger partial charge in [-0.15, -0.1) is 11.8 Å². The maximum absolute atomic E-state index is 12.4. The zero-order chi connectivity index (χ0) is 18.7. The van der Waals surface area contributed by atoms with Crippen LogP contribution in [-0.2, 0) is 20.7 Å².